The molecule has 2 saturated heterocycles. The quantitative estimate of drug-likeness (QED) is 0.764. The van der Waals surface area contributed by atoms with Crippen molar-refractivity contribution in [2.75, 3.05) is 31.2 Å². The standard InChI is InChI=1S/C19H23FN2O4S/c1-19(4-8-27(24,25)9-5-19)15-11-18(23)22(13-15)6-7-26-16-2-3-17(20)14(10-16)12-21/h2-3,10,15H,4-9,11,13H2,1H3/t15-/m1/s1. The van der Waals surface area contributed by atoms with Gasteiger partial charge in [0.05, 0.1) is 23.6 Å². The van der Waals surface area contributed by atoms with Crippen LogP contribution in [0.3, 0.4) is 0 Å². The number of sulfone groups is 1. The number of carbonyl (C=O) groups is 1. The monoisotopic (exact) mass is 394 g/mol. The predicted octanol–water partition coefficient (Wildman–Crippen LogP) is 2.14. The highest BCUT2D eigenvalue weighted by Gasteiger charge is 2.44. The zero-order valence-electron chi connectivity index (χ0n) is 15.3. The lowest BCUT2D eigenvalue weighted by molar-refractivity contribution is -0.128. The van der Waals surface area contributed by atoms with Gasteiger partial charge in [-0.3, -0.25) is 4.79 Å². The molecule has 3 rings (SSSR count). The third-order valence-electron chi connectivity index (χ3n) is 5.86. The molecule has 1 aromatic carbocycles. The van der Waals surface area contributed by atoms with Crippen LogP contribution >= 0.6 is 0 Å². The molecule has 0 aromatic heterocycles. The van der Waals surface area contributed by atoms with Gasteiger partial charge in [0, 0.05) is 19.0 Å². The van der Waals surface area contributed by atoms with Crippen LogP contribution in [0.25, 0.3) is 0 Å². The first-order valence-electron chi connectivity index (χ1n) is 9.03. The largest absolute Gasteiger partial charge is 0.492 e. The van der Waals surface area contributed by atoms with Crippen LogP contribution in [0, 0.1) is 28.5 Å². The van der Waals surface area contributed by atoms with Gasteiger partial charge < -0.3 is 9.64 Å². The molecular weight excluding hydrogens is 371 g/mol. The number of benzene rings is 1. The number of carbonyl (C=O) groups excluding carboxylic acids is 1. The van der Waals surface area contributed by atoms with Crippen molar-refractivity contribution in [3.05, 3.63) is 29.6 Å². The summed E-state index contributed by atoms with van der Waals surface area (Å²) in [6.45, 7) is 3.34. The smallest absolute Gasteiger partial charge is 0.223 e. The lowest BCUT2D eigenvalue weighted by Gasteiger charge is -2.38. The summed E-state index contributed by atoms with van der Waals surface area (Å²) in [5.74, 6) is 0.393. The lowest BCUT2D eigenvalue weighted by atomic mass is 9.72. The van der Waals surface area contributed by atoms with Gasteiger partial charge >= 0.3 is 0 Å². The third-order valence-corrected chi connectivity index (χ3v) is 7.51. The maximum atomic E-state index is 13.3. The lowest BCUT2D eigenvalue weighted by Crippen LogP contribution is -2.38. The fraction of sp³-hybridized carbons (Fsp3) is 0.579. The van der Waals surface area contributed by atoms with E-state index in [0.717, 1.165) is 0 Å². The van der Waals surface area contributed by atoms with E-state index in [1.165, 1.54) is 18.2 Å². The second-order valence-corrected chi connectivity index (χ2v) is 9.95. The van der Waals surface area contributed by atoms with E-state index in [-0.39, 0.29) is 40.9 Å². The van der Waals surface area contributed by atoms with Crippen LogP contribution in [0.15, 0.2) is 18.2 Å². The highest BCUT2D eigenvalue weighted by molar-refractivity contribution is 7.91. The van der Waals surface area contributed by atoms with Crippen molar-refractivity contribution >= 4 is 15.7 Å². The van der Waals surface area contributed by atoms with E-state index in [0.29, 0.717) is 38.1 Å². The minimum absolute atomic E-state index is 0.0510. The summed E-state index contributed by atoms with van der Waals surface area (Å²) < 4.78 is 42.3. The summed E-state index contributed by atoms with van der Waals surface area (Å²) in [6.07, 6.45) is 1.64. The van der Waals surface area contributed by atoms with E-state index in [4.69, 9.17) is 10.00 Å². The molecule has 0 N–H and O–H groups in total. The maximum Gasteiger partial charge on any atom is 0.223 e. The van der Waals surface area contributed by atoms with Crippen LogP contribution in [0.2, 0.25) is 0 Å². The molecule has 0 bridgehead atoms. The van der Waals surface area contributed by atoms with Crippen molar-refractivity contribution in [3.63, 3.8) is 0 Å². The molecule has 6 nitrogen and oxygen atoms in total. The molecule has 0 radical (unpaired) electrons. The highest BCUT2D eigenvalue weighted by Crippen LogP contribution is 2.43. The Balaban J connectivity index is 1.53. The first kappa shape index (κ1) is 19.6. The van der Waals surface area contributed by atoms with Crippen molar-refractivity contribution in [2.45, 2.75) is 26.2 Å². The van der Waals surface area contributed by atoms with Crippen LogP contribution in [0.5, 0.6) is 5.75 Å². The first-order chi connectivity index (χ1) is 12.7. The fourth-order valence-corrected chi connectivity index (χ4v) is 5.58. The molecule has 0 aliphatic carbocycles. The number of rotatable bonds is 5. The first-order valence-corrected chi connectivity index (χ1v) is 10.9. The minimum atomic E-state index is -2.93. The molecule has 1 atom stereocenters. The molecule has 2 heterocycles. The summed E-state index contributed by atoms with van der Waals surface area (Å²) in [5, 5.41) is 8.85. The zero-order valence-corrected chi connectivity index (χ0v) is 16.1. The Bertz CT molecular complexity index is 864. The predicted molar refractivity (Wildman–Crippen MR) is 97.3 cm³/mol. The maximum absolute atomic E-state index is 13.3. The fourth-order valence-electron chi connectivity index (χ4n) is 3.82. The molecule has 27 heavy (non-hydrogen) atoms. The number of halogens is 1. The van der Waals surface area contributed by atoms with Gasteiger partial charge in [-0.25, -0.2) is 12.8 Å². The summed E-state index contributed by atoms with van der Waals surface area (Å²) in [4.78, 5) is 14.1. The number of hydrogen-bond donors (Lipinski definition) is 0. The Labute approximate surface area is 158 Å². The van der Waals surface area contributed by atoms with Crippen molar-refractivity contribution < 1.29 is 22.3 Å². The van der Waals surface area contributed by atoms with Crippen molar-refractivity contribution in [3.8, 4) is 11.8 Å². The van der Waals surface area contributed by atoms with Gasteiger partial charge in [0.1, 0.15) is 34.1 Å². The molecule has 8 heteroatoms. The summed E-state index contributed by atoms with van der Waals surface area (Å²) in [5.41, 5.74) is -0.208. The van der Waals surface area contributed by atoms with Gasteiger partial charge in [-0.2, -0.15) is 5.26 Å². The molecule has 1 aromatic rings. The molecule has 2 fully saturated rings. The number of amides is 1. The number of nitriles is 1. The van der Waals surface area contributed by atoms with Crippen molar-refractivity contribution in [1.82, 2.24) is 4.90 Å². The van der Waals surface area contributed by atoms with E-state index in [1.54, 1.807) is 11.0 Å². The third kappa shape index (κ3) is 4.41. The topological polar surface area (TPSA) is 87.5 Å². The Morgan fingerprint density at radius 3 is 2.74 bits per heavy atom. The van der Waals surface area contributed by atoms with Crippen molar-refractivity contribution in [1.29, 1.82) is 5.26 Å². The molecular formula is C19H23FN2O4S. The summed E-state index contributed by atoms with van der Waals surface area (Å²) in [6, 6.07) is 5.74. The van der Waals surface area contributed by atoms with Crippen LogP contribution in [-0.4, -0.2) is 50.4 Å². The number of ether oxygens (including phenoxy) is 1. The van der Waals surface area contributed by atoms with E-state index in [9.17, 15) is 17.6 Å². The van der Waals surface area contributed by atoms with Gasteiger partial charge in [-0.05, 0) is 36.3 Å². The normalized spacial score (nSPS) is 23.8. The molecule has 1 amide bonds. The van der Waals surface area contributed by atoms with Crippen LogP contribution in [0.4, 0.5) is 4.39 Å². The number of hydrogen-bond acceptors (Lipinski definition) is 5. The Hall–Kier alpha value is -2.14. The average molecular weight is 394 g/mol. The van der Waals surface area contributed by atoms with Crippen LogP contribution in [0.1, 0.15) is 31.7 Å². The van der Waals surface area contributed by atoms with Gasteiger partial charge in [-0.1, -0.05) is 6.92 Å². The van der Waals surface area contributed by atoms with Gasteiger partial charge in [0.2, 0.25) is 5.91 Å². The van der Waals surface area contributed by atoms with Crippen LogP contribution in [-0.2, 0) is 14.6 Å². The van der Waals surface area contributed by atoms with E-state index >= 15 is 0 Å². The molecule has 0 saturated carbocycles. The van der Waals surface area contributed by atoms with Gasteiger partial charge in [-0.15, -0.1) is 0 Å². The highest BCUT2D eigenvalue weighted by atomic mass is 32.2. The minimum Gasteiger partial charge on any atom is -0.492 e. The van der Waals surface area contributed by atoms with Gasteiger partial charge in [0.25, 0.3) is 0 Å². The number of nitrogens with zero attached hydrogens (tertiary/aromatic N) is 2. The average Bonchev–Trinajstić information content (AvgIpc) is 3.01. The summed E-state index contributed by atoms with van der Waals surface area (Å²) >= 11 is 0. The van der Waals surface area contributed by atoms with E-state index < -0.39 is 15.7 Å². The van der Waals surface area contributed by atoms with Crippen LogP contribution < -0.4 is 4.74 Å². The Morgan fingerprint density at radius 1 is 1.37 bits per heavy atom. The summed E-state index contributed by atoms with van der Waals surface area (Å²) in [7, 11) is -2.93. The molecule has 2 aliphatic rings. The second-order valence-electron chi connectivity index (χ2n) is 7.65. The molecule has 0 unspecified atom stereocenters. The Kier molecular flexibility index (Phi) is 5.43. The van der Waals surface area contributed by atoms with Crippen molar-refractivity contribution in [2.24, 2.45) is 11.3 Å². The molecule has 146 valence electrons. The number of likely N-dealkylation sites (tertiary alicyclic amines) is 1. The second kappa shape index (κ2) is 7.47. The zero-order chi connectivity index (χ0) is 19.7. The van der Waals surface area contributed by atoms with E-state index in [2.05, 4.69) is 6.92 Å². The van der Waals surface area contributed by atoms with E-state index in [1.807, 2.05) is 0 Å². The van der Waals surface area contributed by atoms with Gasteiger partial charge in [0.15, 0.2) is 0 Å². The SMILES string of the molecule is CC1([C@@H]2CC(=O)N(CCOc3ccc(F)c(C#N)c3)C2)CCS(=O)(=O)CC1. The molecule has 0 spiro atoms. The molecule has 2 aliphatic heterocycles. The Morgan fingerprint density at radius 2 is 2.07 bits per heavy atom.